The van der Waals surface area contributed by atoms with Gasteiger partial charge in [0.1, 0.15) is 0 Å². The molecular weight excluding hydrogens is 416 g/mol. The first-order chi connectivity index (χ1) is 15.2. The second kappa shape index (κ2) is 8.97. The first-order valence-electron chi connectivity index (χ1n) is 9.19. The van der Waals surface area contributed by atoms with Gasteiger partial charge in [-0.05, 0) is 35.0 Å². The van der Waals surface area contributed by atoms with Crippen molar-refractivity contribution in [2.75, 3.05) is 0 Å². The molecule has 8 nitrogen and oxygen atoms in total. The molecule has 4 rings (SSSR count). The number of rotatable bonds is 4. The first kappa shape index (κ1) is 22.0. The van der Waals surface area contributed by atoms with Gasteiger partial charge in [0, 0.05) is 10.8 Å². The van der Waals surface area contributed by atoms with Gasteiger partial charge >= 0.3 is 23.9 Å². The van der Waals surface area contributed by atoms with E-state index >= 15 is 0 Å². The van der Waals surface area contributed by atoms with Gasteiger partial charge in [-0.3, -0.25) is 0 Å². The molecule has 0 amide bonds. The molecule has 0 spiro atoms. The molecule has 0 atom stereocenters. The summed E-state index contributed by atoms with van der Waals surface area (Å²) in [5.41, 5.74) is -1.94. The average molecular weight is 432 g/mol. The zero-order chi connectivity index (χ0) is 23.4. The smallest absolute Gasteiger partial charge is 0.336 e. The number of aromatic carboxylic acids is 4. The third-order valence-electron chi connectivity index (χ3n) is 4.74. The van der Waals surface area contributed by atoms with Crippen molar-refractivity contribution in [2.24, 2.45) is 0 Å². The Hall–Kier alpha value is -4.72. The van der Waals surface area contributed by atoms with Crippen LogP contribution in [0.4, 0.5) is 0 Å². The summed E-state index contributed by atoms with van der Waals surface area (Å²) in [7, 11) is 0. The van der Waals surface area contributed by atoms with E-state index in [0.717, 1.165) is 24.3 Å². The van der Waals surface area contributed by atoms with Crippen LogP contribution < -0.4 is 0 Å². The summed E-state index contributed by atoms with van der Waals surface area (Å²) in [6.45, 7) is 0. The molecule has 0 fully saturated rings. The molecule has 0 saturated heterocycles. The number of benzene rings is 4. The predicted octanol–water partition coefficient (Wildman–Crippen LogP) is 4.47. The molecule has 0 bridgehead atoms. The van der Waals surface area contributed by atoms with Crippen LogP contribution in [0.5, 0.6) is 0 Å². The molecule has 0 aliphatic heterocycles. The standard InChI is InChI=1S/C14H8O8.C10H8/c15-11(16)5-1-2-6(12(17)18)10-8(14(21)22)4-3-7(9(5)10)13(19)20;1-2-6-10-8-4-3-7-9(10)5-1/h1-4H,(H,15,16)(H,17,18)(H,19,20)(H,21,22);1-8H. The number of carboxylic acid groups (broad SMARTS) is 4. The van der Waals surface area contributed by atoms with Gasteiger partial charge in [0.25, 0.3) is 0 Å². The Morgan fingerprint density at radius 3 is 0.812 bits per heavy atom. The van der Waals surface area contributed by atoms with E-state index < -0.39 is 56.9 Å². The fourth-order valence-corrected chi connectivity index (χ4v) is 3.34. The van der Waals surface area contributed by atoms with Gasteiger partial charge in [-0.25, -0.2) is 19.2 Å². The maximum absolute atomic E-state index is 11.3. The SMILES string of the molecule is O=C(O)c1ccc(C(=O)O)c2c(C(=O)O)ccc(C(=O)O)c12.c1ccc2ccccc2c1. The highest BCUT2D eigenvalue weighted by molar-refractivity contribution is 6.21. The van der Waals surface area contributed by atoms with E-state index in [-0.39, 0.29) is 0 Å². The highest BCUT2D eigenvalue weighted by Crippen LogP contribution is 2.30. The highest BCUT2D eigenvalue weighted by atomic mass is 16.4. The molecule has 4 aromatic rings. The Labute approximate surface area is 180 Å². The summed E-state index contributed by atoms with van der Waals surface area (Å²) in [5.74, 6) is -5.97. The van der Waals surface area contributed by atoms with Crippen LogP contribution in [0.1, 0.15) is 41.4 Å². The molecule has 0 heterocycles. The Morgan fingerprint density at radius 2 is 0.625 bits per heavy atom. The molecule has 0 saturated carbocycles. The Morgan fingerprint density at radius 1 is 0.406 bits per heavy atom. The Kier molecular flexibility index (Phi) is 6.16. The van der Waals surface area contributed by atoms with Gasteiger partial charge in [0.15, 0.2) is 0 Å². The maximum Gasteiger partial charge on any atom is 0.336 e. The molecule has 8 heteroatoms. The number of carbonyl (C=O) groups is 4. The predicted molar refractivity (Wildman–Crippen MR) is 116 cm³/mol. The van der Waals surface area contributed by atoms with Crippen molar-refractivity contribution in [3.05, 3.63) is 95.1 Å². The van der Waals surface area contributed by atoms with Crippen LogP contribution in [0.3, 0.4) is 0 Å². The van der Waals surface area contributed by atoms with Crippen molar-refractivity contribution in [2.45, 2.75) is 0 Å². The minimum absolute atomic E-state index is 0.431. The van der Waals surface area contributed by atoms with Gasteiger partial charge in [-0.2, -0.15) is 0 Å². The van der Waals surface area contributed by atoms with Crippen molar-refractivity contribution >= 4 is 45.4 Å². The molecule has 4 N–H and O–H groups in total. The summed E-state index contributed by atoms with van der Waals surface area (Å²) in [6, 6.07) is 20.5. The molecule has 4 aromatic carbocycles. The van der Waals surface area contributed by atoms with Crippen LogP contribution in [0.15, 0.2) is 72.8 Å². The lowest BCUT2D eigenvalue weighted by Crippen LogP contribution is -2.11. The van der Waals surface area contributed by atoms with Crippen molar-refractivity contribution in [1.82, 2.24) is 0 Å². The molecule has 32 heavy (non-hydrogen) atoms. The summed E-state index contributed by atoms with van der Waals surface area (Å²) in [6.07, 6.45) is 0. The topological polar surface area (TPSA) is 149 Å². The number of hydrogen-bond acceptors (Lipinski definition) is 4. The molecule has 0 aromatic heterocycles. The molecule has 0 radical (unpaired) electrons. The lowest BCUT2D eigenvalue weighted by molar-refractivity contribution is 0.0675. The molecule has 0 aliphatic carbocycles. The van der Waals surface area contributed by atoms with E-state index in [0.29, 0.717) is 0 Å². The Bertz CT molecular complexity index is 1190. The zero-order valence-corrected chi connectivity index (χ0v) is 16.4. The summed E-state index contributed by atoms with van der Waals surface area (Å²) < 4.78 is 0. The number of fused-ring (bicyclic) bond motifs is 2. The Balaban J connectivity index is 0.000000238. The lowest BCUT2D eigenvalue weighted by atomic mass is 9.91. The summed E-state index contributed by atoms with van der Waals surface area (Å²) in [4.78, 5) is 45.1. The van der Waals surface area contributed by atoms with E-state index in [9.17, 15) is 19.2 Å². The number of hydrogen-bond donors (Lipinski definition) is 4. The van der Waals surface area contributed by atoms with Gasteiger partial charge in [0.05, 0.1) is 22.3 Å². The molecule has 0 unspecified atom stereocenters. The second-order valence-corrected chi connectivity index (χ2v) is 6.64. The van der Waals surface area contributed by atoms with Crippen LogP contribution in [0.25, 0.3) is 21.5 Å². The zero-order valence-electron chi connectivity index (χ0n) is 16.4. The third kappa shape index (κ3) is 4.24. The van der Waals surface area contributed by atoms with E-state index in [1.54, 1.807) is 0 Å². The molecule has 160 valence electrons. The van der Waals surface area contributed by atoms with Gasteiger partial charge in [-0.1, -0.05) is 48.5 Å². The van der Waals surface area contributed by atoms with Gasteiger partial charge in [0.2, 0.25) is 0 Å². The summed E-state index contributed by atoms with van der Waals surface area (Å²) >= 11 is 0. The minimum Gasteiger partial charge on any atom is -0.478 e. The van der Waals surface area contributed by atoms with Crippen molar-refractivity contribution in [3.8, 4) is 0 Å². The van der Waals surface area contributed by atoms with Gasteiger partial charge < -0.3 is 20.4 Å². The van der Waals surface area contributed by atoms with Crippen LogP contribution in [0.2, 0.25) is 0 Å². The van der Waals surface area contributed by atoms with E-state index in [4.69, 9.17) is 20.4 Å². The number of carboxylic acids is 4. The normalized spacial score (nSPS) is 10.2. The van der Waals surface area contributed by atoms with Crippen molar-refractivity contribution < 1.29 is 39.6 Å². The van der Waals surface area contributed by atoms with Crippen molar-refractivity contribution in [3.63, 3.8) is 0 Å². The first-order valence-corrected chi connectivity index (χ1v) is 9.19. The van der Waals surface area contributed by atoms with E-state index in [1.807, 2.05) is 0 Å². The van der Waals surface area contributed by atoms with E-state index in [2.05, 4.69) is 48.5 Å². The monoisotopic (exact) mass is 432 g/mol. The molecule has 0 aliphatic rings. The van der Waals surface area contributed by atoms with E-state index in [1.165, 1.54) is 10.8 Å². The fraction of sp³-hybridized carbons (Fsp3) is 0. The highest BCUT2D eigenvalue weighted by Gasteiger charge is 2.25. The third-order valence-corrected chi connectivity index (χ3v) is 4.74. The van der Waals surface area contributed by atoms with Crippen LogP contribution in [-0.2, 0) is 0 Å². The van der Waals surface area contributed by atoms with Gasteiger partial charge in [-0.15, -0.1) is 0 Å². The fourth-order valence-electron chi connectivity index (χ4n) is 3.34. The van der Waals surface area contributed by atoms with Crippen LogP contribution in [0, 0.1) is 0 Å². The summed E-state index contributed by atoms with van der Waals surface area (Å²) in [5, 5.41) is 38.4. The van der Waals surface area contributed by atoms with Crippen LogP contribution >= 0.6 is 0 Å². The van der Waals surface area contributed by atoms with Crippen LogP contribution in [-0.4, -0.2) is 44.3 Å². The second-order valence-electron chi connectivity index (χ2n) is 6.64. The minimum atomic E-state index is -1.49. The lowest BCUT2D eigenvalue weighted by Gasteiger charge is -2.11. The maximum atomic E-state index is 11.3. The quantitative estimate of drug-likeness (QED) is 0.369. The van der Waals surface area contributed by atoms with Crippen molar-refractivity contribution in [1.29, 1.82) is 0 Å². The average Bonchev–Trinajstić information content (AvgIpc) is 2.77. The largest absolute Gasteiger partial charge is 0.478 e. The molecular formula is C24H16O8.